The summed E-state index contributed by atoms with van der Waals surface area (Å²) in [5.41, 5.74) is 0.174. The molecule has 0 aromatic heterocycles. The summed E-state index contributed by atoms with van der Waals surface area (Å²) in [7, 11) is 0. The van der Waals surface area contributed by atoms with Crippen LogP contribution in [-0.2, 0) is 9.59 Å². The summed E-state index contributed by atoms with van der Waals surface area (Å²) in [4.78, 5) is 21.7. The summed E-state index contributed by atoms with van der Waals surface area (Å²) in [6.45, 7) is 0. The maximum Gasteiger partial charge on any atom is 0.303 e. The van der Waals surface area contributed by atoms with Crippen molar-refractivity contribution in [3.63, 3.8) is 0 Å². The second-order valence-electron chi connectivity index (χ2n) is 3.98. The highest BCUT2D eigenvalue weighted by Gasteiger charge is 2.06. The first-order valence-corrected chi connectivity index (χ1v) is 5.86. The average Bonchev–Trinajstić information content (AvgIpc) is 2.31. The minimum absolute atomic E-state index is 0.120. The van der Waals surface area contributed by atoms with Crippen LogP contribution in [-0.4, -0.2) is 17.0 Å². The number of amides is 1. The first-order valence-electron chi connectivity index (χ1n) is 5.86. The van der Waals surface area contributed by atoms with Gasteiger partial charge >= 0.3 is 5.97 Å². The third kappa shape index (κ3) is 5.43. The highest BCUT2D eigenvalue weighted by Crippen LogP contribution is 2.13. The number of anilines is 1. The van der Waals surface area contributed by atoms with E-state index in [1.807, 2.05) is 0 Å². The summed E-state index contributed by atoms with van der Waals surface area (Å²) >= 11 is 0. The first kappa shape index (κ1) is 14.2. The van der Waals surface area contributed by atoms with E-state index in [-0.39, 0.29) is 24.4 Å². The van der Waals surface area contributed by atoms with Gasteiger partial charge in [-0.2, -0.15) is 0 Å². The third-order valence-corrected chi connectivity index (χ3v) is 2.44. The number of unbranched alkanes of at least 4 members (excludes halogenated alkanes) is 2. The van der Waals surface area contributed by atoms with Gasteiger partial charge in [0.1, 0.15) is 5.82 Å². The fourth-order valence-corrected chi connectivity index (χ4v) is 1.51. The number of carbonyl (C=O) groups excluding carboxylic acids is 1. The minimum atomic E-state index is -0.828. The van der Waals surface area contributed by atoms with Crippen molar-refractivity contribution in [2.75, 3.05) is 5.32 Å². The van der Waals surface area contributed by atoms with Gasteiger partial charge in [0.05, 0.1) is 5.69 Å². The largest absolute Gasteiger partial charge is 0.481 e. The van der Waals surface area contributed by atoms with Crippen molar-refractivity contribution in [1.29, 1.82) is 0 Å². The number of carboxylic acid groups (broad SMARTS) is 1. The summed E-state index contributed by atoms with van der Waals surface area (Å²) in [6, 6.07) is 5.97. The van der Waals surface area contributed by atoms with E-state index in [4.69, 9.17) is 5.11 Å². The average molecular weight is 253 g/mol. The molecule has 4 nitrogen and oxygen atoms in total. The van der Waals surface area contributed by atoms with E-state index >= 15 is 0 Å². The molecule has 5 heteroatoms. The van der Waals surface area contributed by atoms with Gasteiger partial charge in [-0.15, -0.1) is 0 Å². The second-order valence-corrected chi connectivity index (χ2v) is 3.98. The van der Waals surface area contributed by atoms with Crippen LogP contribution in [0.4, 0.5) is 10.1 Å². The Kier molecular flexibility index (Phi) is 5.84. The SMILES string of the molecule is O=C(O)CCCCCC(=O)Nc1ccccc1F. The van der Waals surface area contributed by atoms with Crippen molar-refractivity contribution in [3.05, 3.63) is 30.1 Å². The molecule has 0 bridgehead atoms. The number of halogens is 1. The van der Waals surface area contributed by atoms with E-state index in [0.29, 0.717) is 19.3 Å². The molecule has 0 aliphatic carbocycles. The number of carbonyl (C=O) groups is 2. The van der Waals surface area contributed by atoms with Crippen LogP contribution in [0.2, 0.25) is 0 Å². The van der Waals surface area contributed by atoms with Crippen molar-refractivity contribution in [2.45, 2.75) is 32.1 Å². The summed E-state index contributed by atoms with van der Waals surface area (Å²) < 4.78 is 13.2. The molecule has 98 valence electrons. The fraction of sp³-hybridized carbons (Fsp3) is 0.385. The molecule has 0 aliphatic heterocycles. The molecule has 0 unspecified atom stereocenters. The normalized spacial score (nSPS) is 10.1. The molecule has 1 aromatic rings. The van der Waals surface area contributed by atoms with Gasteiger partial charge in [0, 0.05) is 12.8 Å². The monoisotopic (exact) mass is 253 g/mol. The van der Waals surface area contributed by atoms with Gasteiger partial charge in [-0.1, -0.05) is 18.6 Å². The van der Waals surface area contributed by atoms with Crippen LogP contribution in [0.5, 0.6) is 0 Å². The molecule has 0 radical (unpaired) electrons. The standard InChI is InChI=1S/C13H16FNO3/c14-10-6-4-5-7-11(10)15-12(16)8-2-1-3-9-13(17)18/h4-7H,1-3,8-9H2,(H,15,16)(H,17,18). The predicted octanol–water partition coefficient (Wildman–Crippen LogP) is 2.80. The molecule has 0 spiro atoms. The van der Waals surface area contributed by atoms with E-state index in [2.05, 4.69) is 5.32 Å². The van der Waals surface area contributed by atoms with Crippen molar-refractivity contribution in [3.8, 4) is 0 Å². The van der Waals surface area contributed by atoms with Gasteiger partial charge in [0.15, 0.2) is 0 Å². The number of nitrogens with one attached hydrogen (secondary N) is 1. The van der Waals surface area contributed by atoms with Gasteiger partial charge in [-0.25, -0.2) is 4.39 Å². The van der Waals surface area contributed by atoms with Crippen LogP contribution in [0.15, 0.2) is 24.3 Å². The van der Waals surface area contributed by atoms with Crippen LogP contribution < -0.4 is 5.32 Å². The maximum absolute atomic E-state index is 13.2. The van der Waals surface area contributed by atoms with E-state index in [1.165, 1.54) is 12.1 Å². The Bertz CT molecular complexity index is 420. The lowest BCUT2D eigenvalue weighted by atomic mass is 10.1. The van der Waals surface area contributed by atoms with Gasteiger partial charge in [0.25, 0.3) is 0 Å². The second kappa shape index (κ2) is 7.42. The Morgan fingerprint density at radius 2 is 1.78 bits per heavy atom. The van der Waals surface area contributed by atoms with Gasteiger partial charge in [-0.3, -0.25) is 9.59 Å². The Balaban J connectivity index is 2.22. The highest BCUT2D eigenvalue weighted by atomic mass is 19.1. The van der Waals surface area contributed by atoms with Gasteiger partial charge < -0.3 is 10.4 Å². The number of rotatable bonds is 7. The molecule has 2 N–H and O–H groups in total. The Morgan fingerprint density at radius 3 is 2.44 bits per heavy atom. The van der Waals surface area contributed by atoms with E-state index in [0.717, 1.165) is 0 Å². The van der Waals surface area contributed by atoms with Crippen LogP contribution in [0, 0.1) is 5.82 Å². The number of carboxylic acids is 1. The zero-order valence-corrected chi connectivity index (χ0v) is 9.99. The summed E-state index contributed by atoms with van der Waals surface area (Å²) in [5, 5.41) is 10.9. The Labute approximate surface area is 105 Å². The van der Waals surface area contributed by atoms with E-state index < -0.39 is 11.8 Å². The zero-order chi connectivity index (χ0) is 13.4. The van der Waals surface area contributed by atoms with Crippen LogP contribution in [0.1, 0.15) is 32.1 Å². The molecule has 1 rings (SSSR count). The lowest BCUT2D eigenvalue weighted by molar-refractivity contribution is -0.137. The van der Waals surface area contributed by atoms with Gasteiger partial charge in [0.2, 0.25) is 5.91 Å². The van der Waals surface area contributed by atoms with Crippen LogP contribution in [0.25, 0.3) is 0 Å². The highest BCUT2D eigenvalue weighted by molar-refractivity contribution is 5.90. The smallest absolute Gasteiger partial charge is 0.303 e. The van der Waals surface area contributed by atoms with Gasteiger partial charge in [-0.05, 0) is 25.0 Å². The molecular weight excluding hydrogens is 237 g/mol. The molecule has 1 amide bonds. The van der Waals surface area contributed by atoms with E-state index in [9.17, 15) is 14.0 Å². The Morgan fingerprint density at radius 1 is 1.11 bits per heavy atom. The number of aliphatic carboxylic acids is 1. The molecule has 0 heterocycles. The lowest BCUT2D eigenvalue weighted by Gasteiger charge is -2.05. The molecule has 0 saturated carbocycles. The van der Waals surface area contributed by atoms with Crippen molar-refractivity contribution >= 4 is 17.6 Å². The maximum atomic E-state index is 13.2. The number of hydrogen-bond acceptors (Lipinski definition) is 2. The number of para-hydroxylation sites is 1. The topological polar surface area (TPSA) is 66.4 Å². The fourth-order valence-electron chi connectivity index (χ4n) is 1.51. The molecular formula is C13H16FNO3. The molecule has 0 fully saturated rings. The summed E-state index contributed by atoms with van der Waals surface area (Å²) in [5.74, 6) is -1.54. The number of benzene rings is 1. The quantitative estimate of drug-likeness (QED) is 0.734. The van der Waals surface area contributed by atoms with Crippen molar-refractivity contribution in [2.24, 2.45) is 0 Å². The first-order chi connectivity index (χ1) is 8.59. The minimum Gasteiger partial charge on any atom is -0.481 e. The van der Waals surface area contributed by atoms with E-state index in [1.54, 1.807) is 12.1 Å². The van der Waals surface area contributed by atoms with Crippen LogP contribution in [0.3, 0.4) is 0 Å². The zero-order valence-electron chi connectivity index (χ0n) is 9.99. The molecule has 1 aromatic carbocycles. The predicted molar refractivity (Wildman–Crippen MR) is 65.8 cm³/mol. The molecule has 18 heavy (non-hydrogen) atoms. The molecule has 0 saturated heterocycles. The molecule has 0 atom stereocenters. The van der Waals surface area contributed by atoms with Crippen molar-refractivity contribution < 1.29 is 19.1 Å². The summed E-state index contributed by atoms with van der Waals surface area (Å²) in [6.07, 6.45) is 2.23. The molecule has 0 aliphatic rings. The van der Waals surface area contributed by atoms with Crippen molar-refractivity contribution in [1.82, 2.24) is 0 Å². The third-order valence-electron chi connectivity index (χ3n) is 2.44. The number of hydrogen-bond donors (Lipinski definition) is 2. The lowest BCUT2D eigenvalue weighted by Crippen LogP contribution is -2.12. The van der Waals surface area contributed by atoms with Crippen LogP contribution >= 0.6 is 0 Å². The Hall–Kier alpha value is -1.91.